The summed E-state index contributed by atoms with van der Waals surface area (Å²) in [5, 5.41) is 8.13. The summed E-state index contributed by atoms with van der Waals surface area (Å²) >= 11 is 1.25. The van der Waals surface area contributed by atoms with E-state index in [-0.39, 0.29) is 5.78 Å². The summed E-state index contributed by atoms with van der Waals surface area (Å²) < 4.78 is 11.0. The Bertz CT molecular complexity index is 1080. The number of ether oxygens (including phenoxy) is 1. The number of hydrogen-bond acceptors (Lipinski definition) is 6. The van der Waals surface area contributed by atoms with E-state index >= 15 is 0 Å². The van der Waals surface area contributed by atoms with E-state index in [1.807, 2.05) is 84.9 Å². The lowest BCUT2D eigenvalue weighted by atomic mass is 10.0. The Hall–Kier alpha value is -3.38. The molecule has 4 aromatic rings. The number of nitrogens with zero attached hydrogens (tertiary/aromatic N) is 2. The molecule has 1 atom stereocenters. The van der Waals surface area contributed by atoms with Gasteiger partial charge in [-0.1, -0.05) is 60.7 Å². The molecule has 1 heterocycles. The number of hydrogen-bond donors (Lipinski definition) is 0. The molecule has 4 rings (SSSR count). The Balaban J connectivity index is 1.61. The van der Waals surface area contributed by atoms with Gasteiger partial charge in [0.2, 0.25) is 5.89 Å². The van der Waals surface area contributed by atoms with Crippen LogP contribution in [0.1, 0.15) is 21.2 Å². The normalized spacial score (nSPS) is 11.8. The number of thioether (sulfide) groups is 1. The largest absolute Gasteiger partial charge is 0.497 e. The van der Waals surface area contributed by atoms with Gasteiger partial charge in [0.1, 0.15) is 11.0 Å². The minimum Gasteiger partial charge on any atom is -0.497 e. The average molecular weight is 402 g/mol. The second-order valence-corrected chi connectivity index (χ2v) is 7.30. The predicted octanol–water partition coefficient (Wildman–Crippen LogP) is 5.46. The van der Waals surface area contributed by atoms with Crippen LogP contribution in [-0.4, -0.2) is 23.1 Å². The SMILES string of the molecule is COc1ccc(-c2nnc(S[C@@H](C(=O)c3ccccc3)c3ccccc3)o2)cc1. The Morgan fingerprint density at radius 1 is 0.897 bits per heavy atom. The van der Waals surface area contributed by atoms with Crippen molar-refractivity contribution in [2.45, 2.75) is 10.5 Å². The van der Waals surface area contributed by atoms with Crippen LogP contribution < -0.4 is 4.74 Å². The fourth-order valence-electron chi connectivity index (χ4n) is 2.86. The van der Waals surface area contributed by atoms with E-state index in [1.54, 1.807) is 7.11 Å². The van der Waals surface area contributed by atoms with Gasteiger partial charge in [0.05, 0.1) is 7.11 Å². The van der Waals surface area contributed by atoms with E-state index in [0.29, 0.717) is 16.7 Å². The van der Waals surface area contributed by atoms with Crippen LogP contribution >= 0.6 is 11.8 Å². The summed E-state index contributed by atoms with van der Waals surface area (Å²) in [6.45, 7) is 0. The Labute approximate surface area is 172 Å². The van der Waals surface area contributed by atoms with Gasteiger partial charge in [0.15, 0.2) is 5.78 Å². The Kier molecular flexibility index (Phi) is 5.72. The zero-order valence-corrected chi connectivity index (χ0v) is 16.5. The molecule has 5 nitrogen and oxygen atoms in total. The first kappa shape index (κ1) is 19.0. The number of carbonyl (C=O) groups excluding carboxylic acids is 1. The molecule has 0 unspecified atom stereocenters. The molecule has 0 aliphatic rings. The number of rotatable bonds is 7. The van der Waals surface area contributed by atoms with Crippen LogP contribution in [0.25, 0.3) is 11.5 Å². The fraction of sp³-hybridized carbons (Fsp3) is 0.0870. The van der Waals surface area contributed by atoms with Crippen LogP contribution in [0.5, 0.6) is 5.75 Å². The van der Waals surface area contributed by atoms with Crippen molar-refractivity contribution in [2.75, 3.05) is 7.11 Å². The van der Waals surface area contributed by atoms with Crippen molar-refractivity contribution >= 4 is 17.5 Å². The molecule has 0 spiro atoms. The van der Waals surface area contributed by atoms with E-state index < -0.39 is 5.25 Å². The highest BCUT2D eigenvalue weighted by Gasteiger charge is 2.26. The molecule has 3 aromatic carbocycles. The van der Waals surface area contributed by atoms with Crippen LogP contribution in [0, 0.1) is 0 Å². The van der Waals surface area contributed by atoms with Crippen molar-refractivity contribution in [3.63, 3.8) is 0 Å². The molecular formula is C23H18N2O3S. The Morgan fingerprint density at radius 2 is 1.55 bits per heavy atom. The first-order valence-corrected chi connectivity index (χ1v) is 9.91. The highest BCUT2D eigenvalue weighted by Crippen LogP contribution is 2.38. The van der Waals surface area contributed by atoms with Gasteiger partial charge in [-0.05, 0) is 41.6 Å². The molecule has 0 N–H and O–H groups in total. The molecule has 6 heteroatoms. The van der Waals surface area contributed by atoms with Gasteiger partial charge in [-0.2, -0.15) is 0 Å². The van der Waals surface area contributed by atoms with E-state index in [2.05, 4.69) is 10.2 Å². The summed E-state index contributed by atoms with van der Waals surface area (Å²) in [4.78, 5) is 13.2. The van der Waals surface area contributed by atoms with Crippen LogP contribution in [0.2, 0.25) is 0 Å². The molecule has 144 valence electrons. The summed E-state index contributed by atoms with van der Waals surface area (Å²) in [7, 11) is 1.61. The van der Waals surface area contributed by atoms with E-state index in [9.17, 15) is 4.79 Å². The van der Waals surface area contributed by atoms with Crippen molar-refractivity contribution < 1.29 is 13.9 Å². The first-order chi connectivity index (χ1) is 14.2. The maximum atomic E-state index is 13.2. The van der Waals surface area contributed by atoms with Crippen LogP contribution in [0.15, 0.2) is 94.6 Å². The van der Waals surface area contributed by atoms with Crippen molar-refractivity contribution in [1.82, 2.24) is 10.2 Å². The summed E-state index contributed by atoms with van der Waals surface area (Å²) in [6.07, 6.45) is 0. The van der Waals surface area contributed by atoms with Gasteiger partial charge >= 0.3 is 0 Å². The topological polar surface area (TPSA) is 65.2 Å². The summed E-state index contributed by atoms with van der Waals surface area (Å²) in [6, 6.07) is 26.2. The number of Topliss-reactive ketones (excluding diaryl/α,β-unsaturated/α-hetero) is 1. The Morgan fingerprint density at radius 3 is 2.21 bits per heavy atom. The molecule has 0 radical (unpaired) electrons. The van der Waals surface area contributed by atoms with E-state index in [0.717, 1.165) is 16.9 Å². The lowest BCUT2D eigenvalue weighted by Crippen LogP contribution is -2.10. The fourth-order valence-corrected chi connectivity index (χ4v) is 3.82. The van der Waals surface area contributed by atoms with Crippen molar-refractivity contribution in [3.05, 3.63) is 96.1 Å². The van der Waals surface area contributed by atoms with Gasteiger partial charge < -0.3 is 9.15 Å². The second-order valence-electron chi connectivity index (χ2n) is 6.24. The quantitative estimate of drug-likeness (QED) is 0.302. The van der Waals surface area contributed by atoms with Crippen molar-refractivity contribution in [3.8, 4) is 17.2 Å². The summed E-state index contributed by atoms with van der Waals surface area (Å²) in [5.41, 5.74) is 2.31. The molecule has 0 amide bonds. The molecule has 0 saturated heterocycles. The number of carbonyl (C=O) groups is 1. The predicted molar refractivity (Wildman–Crippen MR) is 112 cm³/mol. The third-order valence-corrected chi connectivity index (χ3v) is 5.45. The zero-order chi connectivity index (χ0) is 20.1. The second kappa shape index (κ2) is 8.75. The van der Waals surface area contributed by atoms with Crippen LogP contribution in [-0.2, 0) is 0 Å². The molecule has 0 bridgehead atoms. The van der Waals surface area contributed by atoms with Gasteiger partial charge in [0.25, 0.3) is 5.22 Å². The number of methoxy groups -OCH3 is 1. The monoisotopic (exact) mass is 402 g/mol. The zero-order valence-electron chi connectivity index (χ0n) is 15.7. The lowest BCUT2D eigenvalue weighted by molar-refractivity contribution is 0.0989. The first-order valence-electron chi connectivity index (χ1n) is 9.03. The van der Waals surface area contributed by atoms with Gasteiger partial charge in [-0.25, -0.2) is 0 Å². The molecule has 0 aliphatic heterocycles. The lowest BCUT2D eigenvalue weighted by Gasteiger charge is -2.14. The molecular weight excluding hydrogens is 384 g/mol. The third kappa shape index (κ3) is 4.38. The van der Waals surface area contributed by atoms with Crippen molar-refractivity contribution in [2.24, 2.45) is 0 Å². The van der Waals surface area contributed by atoms with Crippen LogP contribution in [0.4, 0.5) is 0 Å². The average Bonchev–Trinajstić information content (AvgIpc) is 3.27. The maximum absolute atomic E-state index is 13.2. The van der Waals surface area contributed by atoms with Crippen LogP contribution in [0.3, 0.4) is 0 Å². The highest BCUT2D eigenvalue weighted by molar-refractivity contribution is 8.00. The minimum atomic E-state index is -0.484. The molecule has 29 heavy (non-hydrogen) atoms. The number of aromatic nitrogens is 2. The third-order valence-electron chi connectivity index (χ3n) is 4.36. The maximum Gasteiger partial charge on any atom is 0.277 e. The standard InChI is InChI=1S/C23H18N2O3S/c1-27-19-14-12-18(13-15-19)22-24-25-23(28-22)29-21(17-10-6-3-7-11-17)20(26)16-8-4-2-5-9-16/h2-15,21H,1H3/t21-/m1/s1. The highest BCUT2D eigenvalue weighted by atomic mass is 32.2. The smallest absolute Gasteiger partial charge is 0.277 e. The molecule has 0 fully saturated rings. The van der Waals surface area contributed by atoms with Gasteiger partial charge in [0, 0.05) is 11.1 Å². The van der Waals surface area contributed by atoms with Crippen molar-refractivity contribution in [1.29, 1.82) is 0 Å². The number of benzene rings is 3. The van der Waals surface area contributed by atoms with E-state index in [1.165, 1.54) is 11.8 Å². The van der Waals surface area contributed by atoms with E-state index in [4.69, 9.17) is 9.15 Å². The van der Waals surface area contributed by atoms with Gasteiger partial charge in [-0.3, -0.25) is 4.79 Å². The van der Waals surface area contributed by atoms with Gasteiger partial charge in [-0.15, -0.1) is 10.2 Å². The molecule has 0 saturated carbocycles. The molecule has 0 aliphatic carbocycles. The minimum absolute atomic E-state index is 0.00834. The number of ketones is 1. The molecule has 1 aromatic heterocycles. The summed E-state index contributed by atoms with van der Waals surface area (Å²) in [5.74, 6) is 1.14.